The summed E-state index contributed by atoms with van der Waals surface area (Å²) in [6, 6.07) is 86.7. The minimum Gasteiger partial charge on any atom is -0.309 e. The average Bonchev–Trinajstić information content (AvgIpc) is 3.94. The topological polar surface area (TPSA) is 3.24 Å². The van der Waals surface area contributed by atoms with E-state index in [0.29, 0.717) is 0 Å². The van der Waals surface area contributed by atoms with Crippen molar-refractivity contribution >= 4 is 80.1 Å². The molecule has 296 valence electrons. The van der Waals surface area contributed by atoms with Crippen LogP contribution >= 0.6 is 22.7 Å². The first-order valence-corrected chi connectivity index (χ1v) is 23.0. The third-order valence-corrected chi connectivity index (χ3v) is 14.6. The summed E-state index contributed by atoms with van der Waals surface area (Å²) in [5.41, 5.74) is 15.5. The Morgan fingerprint density at radius 1 is 0.254 bits per heavy atom. The standard InChI is InChI=1S/C60H39NS2/c1-6-17-40(18-7-1)45-31-35-52(51(37-45)44-25-14-5-15-26-44)61(53-27-16-28-55-58(53)49-32-29-46(38-56(49)62-55)41-19-8-2-9-20-41)54-36-34-48(43-23-12-4-13-24-43)60-59(54)50-33-30-47(39-57(50)63-60)42-21-10-3-11-22-42/h1-39H. The molecule has 10 aromatic carbocycles. The smallest absolute Gasteiger partial charge is 0.0555 e. The Balaban J connectivity index is 1.18. The molecule has 0 spiro atoms. The lowest BCUT2D eigenvalue weighted by Gasteiger charge is -2.30. The van der Waals surface area contributed by atoms with E-state index >= 15 is 0 Å². The van der Waals surface area contributed by atoms with E-state index in [0.717, 1.165) is 17.1 Å². The first-order valence-electron chi connectivity index (χ1n) is 21.4. The minimum atomic E-state index is 1.13. The van der Waals surface area contributed by atoms with Crippen LogP contribution in [0.15, 0.2) is 237 Å². The summed E-state index contributed by atoms with van der Waals surface area (Å²) in [6.07, 6.45) is 0. The summed E-state index contributed by atoms with van der Waals surface area (Å²) in [5.74, 6) is 0. The zero-order valence-corrected chi connectivity index (χ0v) is 35.9. The summed E-state index contributed by atoms with van der Waals surface area (Å²) < 4.78 is 5.09. The second-order valence-corrected chi connectivity index (χ2v) is 18.1. The molecule has 0 fully saturated rings. The lowest BCUT2D eigenvalue weighted by atomic mass is 9.94. The highest BCUT2D eigenvalue weighted by Crippen LogP contribution is 2.53. The van der Waals surface area contributed by atoms with Crippen LogP contribution in [0.25, 0.3) is 96.0 Å². The number of benzene rings is 10. The molecule has 0 amide bonds. The van der Waals surface area contributed by atoms with E-state index in [4.69, 9.17) is 0 Å². The van der Waals surface area contributed by atoms with Gasteiger partial charge in [0.2, 0.25) is 0 Å². The monoisotopic (exact) mass is 837 g/mol. The molecule has 12 rings (SSSR count). The molecule has 2 heterocycles. The molecule has 12 aromatic rings. The molecule has 0 aliphatic heterocycles. The van der Waals surface area contributed by atoms with E-state index in [1.165, 1.54) is 96.0 Å². The van der Waals surface area contributed by atoms with Gasteiger partial charge in [0.25, 0.3) is 0 Å². The number of nitrogens with zero attached hydrogens (tertiary/aromatic N) is 1. The number of rotatable bonds is 8. The first kappa shape index (κ1) is 37.2. The van der Waals surface area contributed by atoms with Crippen molar-refractivity contribution in [3.8, 4) is 55.6 Å². The SMILES string of the molecule is c1ccc(-c2ccc(N(c3cccc4sc5cc(-c6ccccc6)ccc5c34)c3ccc(-c4ccccc4)c4sc5cc(-c6ccccc6)ccc5c34)c(-c3ccccc3)c2)cc1. The fraction of sp³-hybridized carbons (Fsp3) is 0. The van der Waals surface area contributed by atoms with Gasteiger partial charge in [-0.25, -0.2) is 0 Å². The molecule has 0 saturated heterocycles. The number of thiophene rings is 2. The average molecular weight is 838 g/mol. The molecule has 0 atom stereocenters. The molecule has 0 aliphatic carbocycles. The van der Waals surface area contributed by atoms with Crippen molar-refractivity contribution < 1.29 is 0 Å². The van der Waals surface area contributed by atoms with Crippen LogP contribution in [0.3, 0.4) is 0 Å². The van der Waals surface area contributed by atoms with Crippen molar-refractivity contribution in [2.24, 2.45) is 0 Å². The largest absolute Gasteiger partial charge is 0.309 e. The quantitative estimate of drug-likeness (QED) is 0.147. The molecule has 0 unspecified atom stereocenters. The van der Waals surface area contributed by atoms with Crippen LogP contribution in [-0.2, 0) is 0 Å². The van der Waals surface area contributed by atoms with Gasteiger partial charge in [0, 0.05) is 45.9 Å². The predicted octanol–water partition coefficient (Wildman–Crippen LogP) is 18.2. The van der Waals surface area contributed by atoms with Crippen molar-refractivity contribution in [2.75, 3.05) is 4.90 Å². The summed E-state index contributed by atoms with van der Waals surface area (Å²) in [7, 11) is 0. The Hall–Kier alpha value is -7.56. The van der Waals surface area contributed by atoms with Crippen LogP contribution in [-0.4, -0.2) is 0 Å². The second-order valence-electron chi connectivity index (χ2n) is 16.0. The predicted molar refractivity (Wildman–Crippen MR) is 274 cm³/mol. The highest BCUT2D eigenvalue weighted by atomic mass is 32.1. The van der Waals surface area contributed by atoms with Gasteiger partial charge in [-0.3, -0.25) is 0 Å². The molecule has 3 heteroatoms. The van der Waals surface area contributed by atoms with Gasteiger partial charge in [0.05, 0.1) is 17.1 Å². The van der Waals surface area contributed by atoms with Crippen molar-refractivity contribution in [3.63, 3.8) is 0 Å². The summed E-state index contributed by atoms with van der Waals surface area (Å²) in [5, 5.41) is 5.03. The Kier molecular flexibility index (Phi) is 9.29. The highest BCUT2D eigenvalue weighted by Gasteiger charge is 2.26. The van der Waals surface area contributed by atoms with E-state index < -0.39 is 0 Å². The molecule has 63 heavy (non-hydrogen) atoms. The fourth-order valence-corrected chi connectivity index (χ4v) is 11.8. The van der Waals surface area contributed by atoms with Crippen molar-refractivity contribution in [1.82, 2.24) is 0 Å². The lowest BCUT2D eigenvalue weighted by Crippen LogP contribution is -2.12. The van der Waals surface area contributed by atoms with Crippen LogP contribution < -0.4 is 4.90 Å². The van der Waals surface area contributed by atoms with Crippen molar-refractivity contribution in [2.45, 2.75) is 0 Å². The number of hydrogen-bond donors (Lipinski definition) is 0. The molecule has 0 N–H and O–H groups in total. The summed E-state index contributed by atoms with van der Waals surface area (Å²) in [6.45, 7) is 0. The van der Waals surface area contributed by atoms with E-state index in [-0.39, 0.29) is 0 Å². The lowest BCUT2D eigenvalue weighted by molar-refractivity contribution is 1.32. The summed E-state index contributed by atoms with van der Waals surface area (Å²) in [4.78, 5) is 2.57. The number of hydrogen-bond acceptors (Lipinski definition) is 3. The van der Waals surface area contributed by atoms with Gasteiger partial charge in [-0.05, 0) is 92.5 Å². The maximum absolute atomic E-state index is 2.57. The number of fused-ring (bicyclic) bond motifs is 6. The fourth-order valence-electron chi connectivity index (χ4n) is 9.29. The Bertz CT molecular complexity index is 3590. The molecular weight excluding hydrogens is 799 g/mol. The van der Waals surface area contributed by atoms with Crippen molar-refractivity contribution in [1.29, 1.82) is 0 Å². The minimum absolute atomic E-state index is 1.13. The van der Waals surface area contributed by atoms with E-state index in [2.05, 4.69) is 241 Å². The normalized spacial score (nSPS) is 11.5. The van der Waals surface area contributed by atoms with Gasteiger partial charge < -0.3 is 4.90 Å². The van der Waals surface area contributed by atoms with Crippen LogP contribution in [0.2, 0.25) is 0 Å². The highest BCUT2D eigenvalue weighted by molar-refractivity contribution is 7.26. The van der Waals surface area contributed by atoms with Gasteiger partial charge in [-0.15, -0.1) is 22.7 Å². The third-order valence-electron chi connectivity index (χ3n) is 12.3. The van der Waals surface area contributed by atoms with Crippen LogP contribution in [0.5, 0.6) is 0 Å². The molecular formula is C60H39NS2. The van der Waals surface area contributed by atoms with Gasteiger partial charge in [0.1, 0.15) is 0 Å². The molecule has 0 saturated carbocycles. The molecule has 0 aliphatic rings. The van der Waals surface area contributed by atoms with Crippen LogP contribution in [0.1, 0.15) is 0 Å². The molecule has 0 bridgehead atoms. The van der Waals surface area contributed by atoms with Gasteiger partial charge in [-0.2, -0.15) is 0 Å². The van der Waals surface area contributed by atoms with Crippen LogP contribution in [0.4, 0.5) is 17.1 Å². The van der Waals surface area contributed by atoms with Gasteiger partial charge >= 0.3 is 0 Å². The zero-order chi connectivity index (χ0) is 41.7. The molecule has 2 aromatic heterocycles. The second kappa shape index (κ2) is 15.7. The van der Waals surface area contributed by atoms with Crippen molar-refractivity contribution in [3.05, 3.63) is 237 Å². The molecule has 0 radical (unpaired) electrons. The maximum Gasteiger partial charge on any atom is 0.0555 e. The first-order chi connectivity index (χ1) is 31.2. The van der Waals surface area contributed by atoms with E-state index in [1.54, 1.807) is 0 Å². The number of anilines is 3. The van der Waals surface area contributed by atoms with Gasteiger partial charge in [-0.1, -0.05) is 194 Å². The zero-order valence-electron chi connectivity index (χ0n) is 34.3. The summed E-state index contributed by atoms with van der Waals surface area (Å²) >= 11 is 3.77. The van der Waals surface area contributed by atoms with E-state index in [9.17, 15) is 0 Å². The molecule has 1 nitrogen and oxygen atoms in total. The maximum atomic E-state index is 2.57. The Morgan fingerprint density at radius 2 is 0.698 bits per heavy atom. The Labute approximate surface area is 375 Å². The third kappa shape index (κ3) is 6.61. The van der Waals surface area contributed by atoms with E-state index in [1.807, 2.05) is 22.7 Å². The Morgan fingerprint density at radius 3 is 1.27 bits per heavy atom. The van der Waals surface area contributed by atoms with Crippen LogP contribution in [0, 0.1) is 0 Å². The van der Waals surface area contributed by atoms with Gasteiger partial charge in [0.15, 0.2) is 0 Å².